The van der Waals surface area contributed by atoms with Crippen LogP contribution in [0.1, 0.15) is 18.1 Å². The van der Waals surface area contributed by atoms with Crippen LogP contribution in [0.25, 0.3) is 0 Å². The summed E-state index contributed by atoms with van der Waals surface area (Å²) < 4.78 is 0. The van der Waals surface area contributed by atoms with Gasteiger partial charge in [0.1, 0.15) is 26.0 Å². The quantitative estimate of drug-likeness (QED) is 0.483. The van der Waals surface area contributed by atoms with Crippen LogP contribution in [0, 0.1) is 11.3 Å². The molecule has 0 aromatic heterocycles. The van der Waals surface area contributed by atoms with Gasteiger partial charge in [0, 0.05) is 25.1 Å². The van der Waals surface area contributed by atoms with Crippen molar-refractivity contribution in [1.29, 1.82) is 5.26 Å². The van der Waals surface area contributed by atoms with Crippen molar-refractivity contribution in [2.45, 2.75) is 13.5 Å². The Morgan fingerprint density at radius 1 is 1.43 bits per heavy atom. The van der Waals surface area contributed by atoms with Crippen LogP contribution in [0.15, 0.2) is 39.6 Å². The molecule has 1 aromatic rings. The van der Waals surface area contributed by atoms with Gasteiger partial charge >= 0.3 is 0 Å². The number of carbonyl (C=O) groups is 1. The van der Waals surface area contributed by atoms with Gasteiger partial charge in [0.25, 0.3) is 0 Å². The van der Waals surface area contributed by atoms with Crippen molar-refractivity contribution in [2.24, 2.45) is 15.3 Å². The fourth-order valence-corrected chi connectivity index (χ4v) is 1.74. The molecule has 1 aromatic carbocycles. The van der Waals surface area contributed by atoms with Gasteiger partial charge in [-0.1, -0.05) is 34.6 Å². The molecule has 0 saturated carbocycles. The second kappa shape index (κ2) is 9.68. The maximum atomic E-state index is 11.3. The number of amides is 1. The molecule has 0 aliphatic carbocycles. The third kappa shape index (κ3) is 5.59. The first-order chi connectivity index (χ1) is 11.1. The number of amidine groups is 1. The molecule has 0 saturated heterocycles. The minimum atomic E-state index is -0.276. The summed E-state index contributed by atoms with van der Waals surface area (Å²) in [5, 5.41) is 18.4. The van der Waals surface area contributed by atoms with Crippen LogP contribution >= 0.6 is 0 Å². The average molecular weight is 315 g/mol. The van der Waals surface area contributed by atoms with Gasteiger partial charge in [-0.05, 0) is 0 Å². The van der Waals surface area contributed by atoms with Crippen LogP contribution < -0.4 is 5.32 Å². The van der Waals surface area contributed by atoms with Crippen molar-refractivity contribution in [3.8, 4) is 6.07 Å². The lowest BCUT2D eigenvalue weighted by Gasteiger charge is -2.13. The Morgan fingerprint density at radius 2 is 2.17 bits per heavy atom. The molecule has 0 spiro atoms. The Bertz CT molecular complexity index is 674. The highest BCUT2D eigenvalue weighted by Crippen LogP contribution is 2.13. The van der Waals surface area contributed by atoms with Gasteiger partial charge in [-0.15, -0.1) is 0 Å². The number of nitrogens with one attached hydrogen (secondary N) is 1. The number of oxime groups is 2. The SMILES string of the molecule is CN=C(NC(C)=O)/C(=N/OC)c1ccccc1CO/N=C\C#N. The van der Waals surface area contributed by atoms with Gasteiger partial charge in [-0.25, -0.2) is 0 Å². The van der Waals surface area contributed by atoms with E-state index in [9.17, 15) is 4.79 Å². The van der Waals surface area contributed by atoms with E-state index in [4.69, 9.17) is 14.9 Å². The Hall–Kier alpha value is -3.21. The fourth-order valence-electron chi connectivity index (χ4n) is 1.74. The Morgan fingerprint density at radius 3 is 2.78 bits per heavy atom. The van der Waals surface area contributed by atoms with Crippen LogP contribution in [0.5, 0.6) is 0 Å². The van der Waals surface area contributed by atoms with E-state index in [0.29, 0.717) is 11.3 Å². The zero-order chi connectivity index (χ0) is 17.1. The summed E-state index contributed by atoms with van der Waals surface area (Å²) in [5.74, 6) is -0.00548. The zero-order valence-corrected chi connectivity index (χ0v) is 13.1. The van der Waals surface area contributed by atoms with Crippen LogP contribution in [0.4, 0.5) is 0 Å². The number of carbonyl (C=O) groups excluding carboxylic acids is 1. The number of aliphatic imine (C=N–C) groups is 1. The lowest BCUT2D eigenvalue weighted by molar-refractivity contribution is -0.117. The van der Waals surface area contributed by atoms with Crippen molar-refractivity contribution >= 4 is 23.7 Å². The first-order valence-electron chi connectivity index (χ1n) is 6.61. The predicted octanol–water partition coefficient (Wildman–Crippen LogP) is 1.23. The van der Waals surface area contributed by atoms with Gasteiger partial charge in [0.2, 0.25) is 5.91 Å². The normalized spacial score (nSPS) is 11.9. The smallest absolute Gasteiger partial charge is 0.222 e. The molecule has 1 amide bonds. The molecule has 0 aliphatic rings. The predicted molar refractivity (Wildman–Crippen MR) is 86.1 cm³/mol. The van der Waals surface area contributed by atoms with Crippen LogP contribution in [0.3, 0.4) is 0 Å². The molecule has 1 rings (SSSR count). The molecule has 0 atom stereocenters. The molecule has 0 radical (unpaired) electrons. The molecule has 1 N–H and O–H groups in total. The molecule has 0 aliphatic heterocycles. The molecule has 0 fully saturated rings. The Kier molecular flexibility index (Phi) is 7.51. The summed E-state index contributed by atoms with van der Waals surface area (Å²) in [6.07, 6.45) is 0.989. The van der Waals surface area contributed by atoms with Gasteiger partial charge in [-0.3, -0.25) is 9.79 Å². The third-order valence-electron chi connectivity index (χ3n) is 2.60. The van der Waals surface area contributed by atoms with E-state index in [2.05, 4.69) is 20.6 Å². The van der Waals surface area contributed by atoms with E-state index < -0.39 is 0 Å². The van der Waals surface area contributed by atoms with Crippen LogP contribution in [-0.4, -0.2) is 37.8 Å². The van der Waals surface area contributed by atoms with Gasteiger partial charge in [0.15, 0.2) is 11.5 Å². The van der Waals surface area contributed by atoms with Crippen molar-refractivity contribution in [3.63, 3.8) is 0 Å². The molecule has 23 heavy (non-hydrogen) atoms. The monoisotopic (exact) mass is 315 g/mol. The largest absolute Gasteiger partial charge is 0.399 e. The number of hydrogen-bond acceptors (Lipinski definition) is 7. The zero-order valence-electron chi connectivity index (χ0n) is 13.1. The number of nitrogens with zero attached hydrogens (tertiary/aromatic N) is 4. The molecule has 0 unspecified atom stereocenters. The lowest BCUT2D eigenvalue weighted by atomic mass is 10.0. The maximum Gasteiger partial charge on any atom is 0.222 e. The minimum absolute atomic E-state index is 0.119. The Labute approximate surface area is 134 Å². The minimum Gasteiger partial charge on any atom is -0.399 e. The van der Waals surface area contributed by atoms with Crippen molar-refractivity contribution in [3.05, 3.63) is 35.4 Å². The molecule has 8 nitrogen and oxygen atoms in total. The summed E-state index contributed by atoms with van der Waals surface area (Å²) in [6.45, 7) is 1.50. The van der Waals surface area contributed by atoms with Gasteiger partial charge < -0.3 is 15.0 Å². The van der Waals surface area contributed by atoms with Gasteiger partial charge in [0.05, 0.1) is 0 Å². The second-order valence-electron chi connectivity index (χ2n) is 4.17. The standard InChI is InChI=1S/C15H17N5O3/c1-11(21)19-15(17-2)14(20-22-3)13-7-5-4-6-12(13)10-23-18-9-8-16/h4-7,9H,10H2,1-3H3,(H,17,19,21)/b18-9-,20-14+. The van der Waals surface area contributed by atoms with Crippen LogP contribution in [0.2, 0.25) is 0 Å². The molecule has 8 heteroatoms. The maximum absolute atomic E-state index is 11.3. The van der Waals surface area contributed by atoms with E-state index in [0.717, 1.165) is 11.8 Å². The van der Waals surface area contributed by atoms with Crippen molar-refractivity contribution < 1.29 is 14.5 Å². The van der Waals surface area contributed by atoms with E-state index in [1.165, 1.54) is 21.1 Å². The van der Waals surface area contributed by atoms with Crippen molar-refractivity contribution in [1.82, 2.24) is 5.32 Å². The number of benzene rings is 1. The number of rotatable bonds is 6. The summed E-state index contributed by atoms with van der Waals surface area (Å²) in [5.41, 5.74) is 1.76. The molecular formula is C15H17N5O3. The molecule has 0 heterocycles. The van der Waals surface area contributed by atoms with Crippen LogP contribution in [-0.2, 0) is 21.1 Å². The van der Waals surface area contributed by atoms with E-state index in [1.807, 2.05) is 18.2 Å². The summed E-state index contributed by atoms with van der Waals surface area (Å²) in [7, 11) is 2.93. The molecule has 0 bridgehead atoms. The van der Waals surface area contributed by atoms with E-state index >= 15 is 0 Å². The molecular weight excluding hydrogens is 298 g/mol. The van der Waals surface area contributed by atoms with Crippen molar-refractivity contribution in [2.75, 3.05) is 14.2 Å². The second-order valence-corrected chi connectivity index (χ2v) is 4.17. The molecule has 120 valence electrons. The summed E-state index contributed by atoms with van der Waals surface area (Å²) in [6, 6.07) is 8.96. The number of nitriles is 1. The Balaban J connectivity index is 3.18. The lowest BCUT2D eigenvalue weighted by Crippen LogP contribution is -2.36. The van der Waals surface area contributed by atoms with E-state index in [-0.39, 0.29) is 18.3 Å². The third-order valence-corrected chi connectivity index (χ3v) is 2.60. The highest BCUT2D eigenvalue weighted by molar-refractivity contribution is 6.49. The first kappa shape index (κ1) is 17.8. The number of hydrogen-bond donors (Lipinski definition) is 1. The first-order valence-corrected chi connectivity index (χ1v) is 6.61. The fraction of sp³-hybridized carbons (Fsp3) is 0.267. The highest BCUT2D eigenvalue weighted by Gasteiger charge is 2.17. The highest BCUT2D eigenvalue weighted by atomic mass is 16.6. The summed E-state index contributed by atoms with van der Waals surface area (Å²) in [4.78, 5) is 25.3. The van der Waals surface area contributed by atoms with Gasteiger partial charge in [-0.2, -0.15) is 5.26 Å². The summed E-state index contributed by atoms with van der Waals surface area (Å²) >= 11 is 0. The topological polar surface area (TPSA) is 108 Å². The average Bonchev–Trinajstić information content (AvgIpc) is 2.55. The van der Waals surface area contributed by atoms with E-state index in [1.54, 1.807) is 12.1 Å².